The summed E-state index contributed by atoms with van der Waals surface area (Å²) in [5, 5.41) is 0. The molecule has 58 heavy (non-hydrogen) atoms. The Kier molecular flexibility index (Phi) is 43.7. The molecule has 0 bridgehead atoms. The molecule has 0 heterocycles. The van der Waals surface area contributed by atoms with E-state index in [-0.39, 0.29) is 31.1 Å². The lowest BCUT2D eigenvalue weighted by atomic mass is 10.0. The summed E-state index contributed by atoms with van der Waals surface area (Å²) in [5.41, 5.74) is 0. The van der Waals surface area contributed by atoms with Crippen LogP contribution in [0.5, 0.6) is 0 Å². The first-order valence-corrected chi connectivity index (χ1v) is 25.7. The van der Waals surface area contributed by atoms with E-state index in [1.54, 1.807) is 0 Å². The van der Waals surface area contributed by atoms with Crippen LogP contribution < -0.4 is 0 Å². The molecule has 0 aromatic rings. The number of rotatable bonds is 46. The topological polar surface area (TPSA) is 78.9 Å². The fourth-order valence-corrected chi connectivity index (χ4v) is 7.81. The normalized spacial score (nSPS) is 12.1. The molecule has 0 N–H and O–H groups in total. The lowest BCUT2D eigenvalue weighted by Gasteiger charge is -2.18. The molecule has 344 valence electrons. The number of carbonyl (C=O) groups excluding carboxylic acids is 3. The molecule has 0 aliphatic rings. The maximum absolute atomic E-state index is 12.7. The highest BCUT2D eigenvalue weighted by Gasteiger charge is 2.19. The molecule has 0 saturated heterocycles. The quantitative estimate of drug-likeness (QED) is 0.0346. The third-order valence-corrected chi connectivity index (χ3v) is 11.7. The summed E-state index contributed by atoms with van der Waals surface area (Å²) >= 11 is 0. The second-order valence-corrected chi connectivity index (χ2v) is 18.8. The highest BCUT2D eigenvalue weighted by molar-refractivity contribution is 5.71. The van der Waals surface area contributed by atoms with Crippen LogP contribution in [-0.4, -0.2) is 37.2 Å². The SMILES string of the molecule is CCCCCCCCCCCCC(=O)O[C@H](COC(=O)CCCCCCCCCCCCCCCC(C)C)COC(=O)CCCCCCCCCCCCCC(C)C. The predicted octanol–water partition coefficient (Wildman–Crippen LogP) is 16.5. The first-order valence-electron chi connectivity index (χ1n) is 25.7. The smallest absolute Gasteiger partial charge is 0.306 e. The van der Waals surface area contributed by atoms with Crippen LogP contribution in [-0.2, 0) is 28.6 Å². The highest BCUT2D eigenvalue weighted by Crippen LogP contribution is 2.17. The van der Waals surface area contributed by atoms with Gasteiger partial charge in [0.1, 0.15) is 13.2 Å². The van der Waals surface area contributed by atoms with E-state index in [0.717, 1.165) is 69.6 Å². The van der Waals surface area contributed by atoms with Crippen molar-refractivity contribution in [3.63, 3.8) is 0 Å². The number of unbranched alkanes of at least 4 members (excludes halogenated alkanes) is 31. The Bertz CT molecular complexity index is 885. The van der Waals surface area contributed by atoms with Crippen LogP contribution in [0.15, 0.2) is 0 Å². The van der Waals surface area contributed by atoms with Gasteiger partial charge in [-0.15, -0.1) is 0 Å². The van der Waals surface area contributed by atoms with Crippen molar-refractivity contribution in [1.82, 2.24) is 0 Å². The molecule has 6 heteroatoms. The lowest BCUT2D eigenvalue weighted by molar-refractivity contribution is -0.167. The van der Waals surface area contributed by atoms with E-state index in [1.807, 2.05) is 0 Å². The van der Waals surface area contributed by atoms with Crippen LogP contribution in [0.4, 0.5) is 0 Å². The van der Waals surface area contributed by atoms with Gasteiger partial charge in [-0.3, -0.25) is 14.4 Å². The van der Waals surface area contributed by atoms with Gasteiger partial charge in [-0.2, -0.15) is 0 Å². The van der Waals surface area contributed by atoms with Gasteiger partial charge in [0.05, 0.1) is 0 Å². The Morgan fingerprint density at radius 3 is 0.845 bits per heavy atom. The van der Waals surface area contributed by atoms with Crippen molar-refractivity contribution < 1.29 is 28.6 Å². The minimum Gasteiger partial charge on any atom is -0.462 e. The van der Waals surface area contributed by atoms with Gasteiger partial charge in [0.15, 0.2) is 6.10 Å². The molecule has 0 unspecified atom stereocenters. The molecule has 0 aromatic carbocycles. The zero-order valence-corrected chi connectivity index (χ0v) is 39.7. The Morgan fingerprint density at radius 2 is 0.569 bits per heavy atom. The molecule has 0 aromatic heterocycles. The maximum Gasteiger partial charge on any atom is 0.306 e. The second kappa shape index (κ2) is 44.9. The molecule has 0 fully saturated rings. The second-order valence-electron chi connectivity index (χ2n) is 18.8. The first kappa shape index (κ1) is 56.4. The third-order valence-electron chi connectivity index (χ3n) is 11.7. The first-order chi connectivity index (χ1) is 28.2. The summed E-state index contributed by atoms with van der Waals surface area (Å²) < 4.78 is 16.8. The fraction of sp³-hybridized carbons (Fsp3) is 0.942. The van der Waals surface area contributed by atoms with Crippen molar-refractivity contribution in [2.75, 3.05) is 13.2 Å². The molecule has 0 aliphatic carbocycles. The standard InChI is InChI=1S/C52H100O6/c1-6-7-8-9-10-11-22-29-34-39-44-52(55)58-49(46-57-51(54)43-38-33-28-24-19-15-17-21-26-31-36-41-48(4)5)45-56-50(53)42-37-32-27-23-18-14-12-13-16-20-25-30-35-40-47(2)3/h47-49H,6-46H2,1-5H3/t49-/m1/s1. The Balaban J connectivity index is 4.27. The summed E-state index contributed by atoms with van der Waals surface area (Å²) in [6, 6.07) is 0. The van der Waals surface area contributed by atoms with E-state index in [9.17, 15) is 14.4 Å². The molecule has 0 aliphatic heterocycles. The Morgan fingerprint density at radius 1 is 0.328 bits per heavy atom. The largest absolute Gasteiger partial charge is 0.462 e. The highest BCUT2D eigenvalue weighted by atomic mass is 16.6. The van der Waals surface area contributed by atoms with Crippen molar-refractivity contribution >= 4 is 17.9 Å². The van der Waals surface area contributed by atoms with Crippen LogP contribution in [0.1, 0.15) is 285 Å². The number of hydrogen-bond acceptors (Lipinski definition) is 6. The Hall–Kier alpha value is -1.59. The molecule has 0 saturated carbocycles. The van der Waals surface area contributed by atoms with Gasteiger partial charge in [0.2, 0.25) is 0 Å². The van der Waals surface area contributed by atoms with Crippen molar-refractivity contribution in [2.45, 2.75) is 291 Å². The number of hydrogen-bond donors (Lipinski definition) is 0. The maximum atomic E-state index is 12.7. The molecular weight excluding hydrogens is 721 g/mol. The summed E-state index contributed by atoms with van der Waals surface area (Å²) in [7, 11) is 0. The van der Waals surface area contributed by atoms with Gasteiger partial charge in [-0.05, 0) is 31.1 Å². The van der Waals surface area contributed by atoms with Crippen molar-refractivity contribution in [1.29, 1.82) is 0 Å². The van der Waals surface area contributed by atoms with E-state index >= 15 is 0 Å². The van der Waals surface area contributed by atoms with Crippen molar-refractivity contribution in [3.05, 3.63) is 0 Å². The van der Waals surface area contributed by atoms with Crippen LogP contribution in [0.2, 0.25) is 0 Å². The molecule has 0 spiro atoms. The van der Waals surface area contributed by atoms with E-state index in [2.05, 4.69) is 34.6 Å². The Labute approximate surface area is 361 Å². The molecule has 6 nitrogen and oxygen atoms in total. The zero-order valence-electron chi connectivity index (χ0n) is 39.7. The number of ether oxygens (including phenoxy) is 3. The monoisotopic (exact) mass is 821 g/mol. The predicted molar refractivity (Wildman–Crippen MR) is 247 cm³/mol. The summed E-state index contributed by atoms with van der Waals surface area (Å²) in [4.78, 5) is 37.9. The fourth-order valence-electron chi connectivity index (χ4n) is 7.81. The van der Waals surface area contributed by atoms with Crippen LogP contribution >= 0.6 is 0 Å². The number of carbonyl (C=O) groups is 3. The minimum atomic E-state index is -0.761. The van der Waals surface area contributed by atoms with E-state index in [4.69, 9.17) is 14.2 Å². The molecule has 0 radical (unpaired) electrons. The number of esters is 3. The average Bonchev–Trinajstić information content (AvgIpc) is 3.19. The van der Waals surface area contributed by atoms with Crippen molar-refractivity contribution in [2.24, 2.45) is 11.8 Å². The lowest BCUT2D eigenvalue weighted by Crippen LogP contribution is -2.30. The molecule has 0 rings (SSSR count). The van der Waals surface area contributed by atoms with Gasteiger partial charge >= 0.3 is 17.9 Å². The molecular formula is C52H100O6. The summed E-state index contributed by atoms with van der Waals surface area (Å²) in [5.74, 6) is 0.817. The third kappa shape index (κ3) is 45.5. The molecule has 0 amide bonds. The zero-order chi connectivity index (χ0) is 42.6. The van der Waals surface area contributed by atoms with Crippen molar-refractivity contribution in [3.8, 4) is 0 Å². The summed E-state index contributed by atoms with van der Waals surface area (Å²) in [6.07, 6.45) is 45.2. The average molecular weight is 821 g/mol. The van der Waals surface area contributed by atoms with Gasteiger partial charge in [0, 0.05) is 19.3 Å². The van der Waals surface area contributed by atoms with Gasteiger partial charge < -0.3 is 14.2 Å². The van der Waals surface area contributed by atoms with Gasteiger partial charge in [-0.1, -0.05) is 247 Å². The van der Waals surface area contributed by atoms with Crippen LogP contribution in [0, 0.1) is 11.8 Å². The van der Waals surface area contributed by atoms with Gasteiger partial charge in [-0.25, -0.2) is 0 Å². The van der Waals surface area contributed by atoms with E-state index < -0.39 is 6.10 Å². The minimum absolute atomic E-state index is 0.0637. The van der Waals surface area contributed by atoms with E-state index in [1.165, 1.54) is 173 Å². The van der Waals surface area contributed by atoms with Crippen LogP contribution in [0.25, 0.3) is 0 Å². The van der Waals surface area contributed by atoms with Crippen LogP contribution in [0.3, 0.4) is 0 Å². The van der Waals surface area contributed by atoms with Gasteiger partial charge in [0.25, 0.3) is 0 Å². The summed E-state index contributed by atoms with van der Waals surface area (Å²) in [6.45, 7) is 11.4. The molecule has 1 atom stereocenters. The van der Waals surface area contributed by atoms with E-state index in [0.29, 0.717) is 19.3 Å².